The molecule has 1 N–H and O–H groups in total. The third kappa shape index (κ3) is 8.31. The second kappa shape index (κ2) is 12.4. The van der Waals surface area contributed by atoms with Crippen LogP contribution in [-0.2, 0) is 14.8 Å². The number of rotatable bonds is 9. The van der Waals surface area contributed by atoms with E-state index in [4.69, 9.17) is 0 Å². The van der Waals surface area contributed by atoms with Crippen LogP contribution >= 0.6 is 0 Å². The van der Waals surface area contributed by atoms with Gasteiger partial charge in [0, 0.05) is 18.2 Å². The van der Waals surface area contributed by atoms with Crippen LogP contribution < -0.4 is 39.0 Å². The Kier molecular flexibility index (Phi) is 10.9. The zero-order valence-corrected chi connectivity index (χ0v) is 22.0. The van der Waals surface area contributed by atoms with Crippen LogP contribution in [0.1, 0.15) is 37.4 Å². The summed E-state index contributed by atoms with van der Waals surface area (Å²) < 4.78 is 38.5. The van der Waals surface area contributed by atoms with Gasteiger partial charge in [-0.2, -0.15) is 0 Å². The molecule has 0 bridgehead atoms. The molecule has 8 nitrogen and oxygen atoms in total. The zero-order chi connectivity index (χ0) is 24.1. The number of carboxylic acid groups (broad SMARTS) is 1. The Morgan fingerprint density at radius 2 is 1.85 bits per heavy atom. The van der Waals surface area contributed by atoms with Crippen LogP contribution in [0.3, 0.4) is 0 Å². The molecule has 0 saturated heterocycles. The minimum atomic E-state index is -3.63. The summed E-state index contributed by atoms with van der Waals surface area (Å²) in [7, 11) is -2.29. The number of carboxylic acids is 1. The SMILES string of the molecule is CC(C)c1nc(N(C)S(C)(=O)=O)nc(-c2ccc(F)cc2)c1/C=C/[C@H](O)C/C=C\C(=O)[O-].[Na+]. The second-order valence-electron chi connectivity index (χ2n) is 7.45. The van der Waals surface area contributed by atoms with Gasteiger partial charge in [0.05, 0.1) is 29.7 Å². The van der Waals surface area contributed by atoms with Gasteiger partial charge in [0.25, 0.3) is 0 Å². The van der Waals surface area contributed by atoms with Crippen molar-refractivity contribution in [3.8, 4) is 11.3 Å². The maximum atomic E-state index is 13.5. The second-order valence-corrected chi connectivity index (χ2v) is 9.46. The molecule has 1 aromatic carbocycles. The molecule has 0 radical (unpaired) electrons. The smallest absolute Gasteiger partial charge is 0.545 e. The monoisotopic (exact) mass is 485 g/mol. The van der Waals surface area contributed by atoms with Crippen LogP contribution in [-0.4, -0.2) is 48.9 Å². The summed E-state index contributed by atoms with van der Waals surface area (Å²) in [5, 5.41) is 20.6. The van der Waals surface area contributed by atoms with E-state index in [-0.39, 0.29) is 47.8 Å². The van der Waals surface area contributed by atoms with E-state index >= 15 is 0 Å². The average molecular weight is 486 g/mol. The first-order chi connectivity index (χ1) is 14.9. The molecule has 0 amide bonds. The first-order valence-corrected chi connectivity index (χ1v) is 11.6. The molecule has 33 heavy (non-hydrogen) atoms. The van der Waals surface area contributed by atoms with Crippen molar-refractivity contribution in [2.45, 2.75) is 32.3 Å². The first kappa shape index (κ1) is 28.9. The number of carbonyl (C=O) groups excluding carboxylic acids is 1. The Labute approximate surface area is 215 Å². The minimum Gasteiger partial charge on any atom is -0.545 e. The van der Waals surface area contributed by atoms with E-state index < -0.39 is 27.9 Å². The van der Waals surface area contributed by atoms with E-state index in [1.807, 2.05) is 13.8 Å². The average Bonchev–Trinajstić information content (AvgIpc) is 2.70. The normalized spacial score (nSPS) is 12.8. The Morgan fingerprint density at radius 3 is 2.36 bits per heavy atom. The molecule has 11 heteroatoms. The van der Waals surface area contributed by atoms with Gasteiger partial charge in [0.15, 0.2) is 0 Å². The van der Waals surface area contributed by atoms with E-state index in [0.29, 0.717) is 22.5 Å². The van der Waals surface area contributed by atoms with Crippen molar-refractivity contribution >= 4 is 28.0 Å². The van der Waals surface area contributed by atoms with E-state index in [0.717, 1.165) is 16.6 Å². The van der Waals surface area contributed by atoms with Gasteiger partial charge in [-0.1, -0.05) is 32.1 Å². The van der Waals surface area contributed by atoms with Gasteiger partial charge in [-0.05, 0) is 42.7 Å². The number of sulfonamides is 1. The Morgan fingerprint density at radius 1 is 1.24 bits per heavy atom. The van der Waals surface area contributed by atoms with Crippen molar-refractivity contribution in [1.82, 2.24) is 9.97 Å². The maximum Gasteiger partial charge on any atom is 1.00 e. The molecule has 0 aliphatic rings. The topological polar surface area (TPSA) is 124 Å². The van der Waals surface area contributed by atoms with Crippen molar-refractivity contribution in [3.05, 3.63) is 59.6 Å². The summed E-state index contributed by atoms with van der Waals surface area (Å²) in [6, 6.07) is 5.56. The van der Waals surface area contributed by atoms with Crippen molar-refractivity contribution in [3.63, 3.8) is 0 Å². The van der Waals surface area contributed by atoms with E-state index in [1.165, 1.54) is 43.5 Å². The van der Waals surface area contributed by atoms with Gasteiger partial charge in [0.2, 0.25) is 16.0 Å². The van der Waals surface area contributed by atoms with Crippen molar-refractivity contribution < 1.29 is 57.4 Å². The molecule has 0 spiro atoms. The van der Waals surface area contributed by atoms with Crippen LogP contribution in [0.15, 0.2) is 42.5 Å². The van der Waals surface area contributed by atoms with Gasteiger partial charge in [0.1, 0.15) is 5.82 Å². The third-order valence-corrected chi connectivity index (χ3v) is 5.68. The van der Waals surface area contributed by atoms with Gasteiger partial charge >= 0.3 is 29.6 Å². The molecule has 0 saturated carbocycles. The molecule has 1 aromatic heterocycles. The molecule has 2 rings (SSSR count). The number of aliphatic hydroxyl groups is 1. The van der Waals surface area contributed by atoms with Gasteiger partial charge < -0.3 is 15.0 Å². The number of aliphatic carboxylic acids is 1. The maximum absolute atomic E-state index is 13.5. The molecule has 0 aliphatic heterocycles. The fraction of sp³-hybridized carbons (Fsp3) is 0.318. The molecular weight excluding hydrogens is 460 g/mol. The van der Waals surface area contributed by atoms with Crippen molar-refractivity contribution in [1.29, 1.82) is 0 Å². The number of hydrogen-bond acceptors (Lipinski definition) is 7. The fourth-order valence-electron chi connectivity index (χ4n) is 2.79. The number of aliphatic hydroxyl groups excluding tert-OH is 1. The fourth-order valence-corrected chi connectivity index (χ4v) is 3.16. The zero-order valence-electron chi connectivity index (χ0n) is 19.2. The number of anilines is 1. The summed E-state index contributed by atoms with van der Waals surface area (Å²) in [5.41, 5.74) is 1.95. The Hall–Kier alpha value is -2.11. The summed E-state index contributed by atoms with van der Waals surface area (Å²) in [6.07, 6.45) is 5.24. The van der Waals surface area contributed by atoms with Crippen molar-refractivity contribution in [2.24, 2.45) is 0 Å². The number of benzene rings is 1. The molecule has 0 unspecified atom stereocenters. The predicted octanol–water partition coefficient (Wildman–Crippen LogP) is -1.12. The molecule has 2 aromatic rings. The number of carbonyl (C=O) groups is 1. The van der Waals surface area contributed by atoms with Crippen LogP contribution in [0.2, 0.25) is 0 Å². The largest absolute Gasteiger partial charge is 1.00 e. The van der Waals surface area contributed by atoms with Crippen LogP contribution in [0, 0.1) is 5.82 Å². The summed E-state index contributed by atoms with van der Waals surface area (Å²) in [4.78, 5) is 19.3. The van der Waals surface area contributed by atoms with Crippen LogP contribution in [0.4, 0.5) is 10.3 Å². The van der Waals surface area contributed by atoms with E-state index in [2.05, 4.69) is 9.97 Å². The Bertz CT molecular complexity index is 1140. The summed E-state index contributed by atoms with van der Waals surface area (Å²) >= 11 is 0. The quantitative estimate of drug-likeness (QED) is 0.352. The summed E-state index contributed by atoms with van der Waals surface area (Å²) in [5.74, 6) is -1.97. The standard InChI is InChI=1S/C22H26FN3O5S.Na/c1-14(2)20-18(13-12-17(27)6-5-7-19(28)29)21(15-8-10-16(23)11-9-15)25-22(24-20)26(3)32(4,30)31;/h5,7-14,17,27H,6H2,1-4H3,(H,28,29);/q;+1/p-1/b7-5-,13-12+;/t17-;/m1./s1. The molecule has 1 atom stereocenters. The number of hydrogen-bond donors (Lipinski definition) is 1. The minimum absolute atomic E-state index is 0. The Balaban J connectivity index is 0.00000544. The van der Waals surface area contributed by atoms with Crippen molar-refractivity contribution in [2.75, 3.05) is 17.6 Å². The van der Waals surface area contributed by atoms with Crippen LogP contribution in [0.5, 0.6) is 0 Å². The summed E-state index contributed by atoms with van der Waals surface area (Å²) in [6.45, 7) is 3.74. The van der Waals surface area contributed by atoms with E-state index in [9.17, 15) is 27.8 Å². The first-order valence-electron chi connectivity index (χ1n) is 9.75. The molecular formula is C22H25FN3NaO5S. The molecule has 0 aliphatic carbocycles. The predicted molar refractivity (Wildman–Crippen MR) is 119 cm³/mol. The third-order valence-electron chi connectivity index (χ3n) is 4.52. The number of halogens is 1. The molecule has 0 fully saturated rings. The number of nitrogens with zero attached hydrogens (tertiary/aromatic N) is 3. The van der Waals surface area contributed by atoms with Gasteiger partial charge in [-0.3, -0.25) is 0 Å². The van der Waals surface area contributed by atoms with E-state index in [1.54, 1.807) is 6.08 Å². The molecule has 1 heterocycles. The van der Waals surface area contributed by atoms with Gasteiger partial charge in [-0.15, -0.1) is 0 Å². The molecule has 172 valence electrons. The van der Waals surface area contributed by atoms with Crippen LogP contribution in [0.25, 0.3) is 17.3 Å². The number of aromatic nitrogens is 2. The van der Waals surface area contributed by atoms with Gasteiger partial charge in [-0.25, -0.2) is 27.1 Å².